The zero-order valence-electron chi connectivity index (χ0n) is 22.9. The predicted molar refractivity (Wildman–Crippen MR) is 156 cm³/mol. The van der Waals surface area contributed by atoms with Gasteiger partial charge in [0.2, 0.25) is 11.8 Å². The highest BCUT2D eigenvalue weighted by Crippen LogP contribution is 2.38. The Morgan fingerprint density at radius 2 is 1.95 bits per heavy atom. The van der Waals surface area contributed by atoms with Gasteiger partial charge in [0.15, 0.2) is 11.5 Å². The Morgan fingerprint density at radius 1 is 1.21 bits per heavy atom. The summed E-state index contributed by atoms with van der Waals surface area (Å²) in [6.45, 7) is 2.59. The Hall–Kier alpha value is -2.18. The van der Waals surface area contributed by atoms with E-state index in [4.69, 9.17) is 9.47 Å². The van der Waals surface area contributed by atoms with Crippen molar-refractivity contribution in [3.63, 3.8) is 0 Å². The van der Waals surface area contributed by atoms with Crippen LogP contribution in [-0.2, 0) is 9.59 Å². The first-order valence-corrected chi connectivity index (χ1v) is 15.0. The maximum absolute atomic E-state index is 13.5. The van der Waals surface area contributed by atoms with Gasteiger partial charge in [-0.25, -0.2) is 0 Å². The van der Waals surface area contributed by atoms with Crippen LogP contribution in [0.5, 0.6) is 11.5 Å². The highest BCUT2D eigenvalue weighted by Gasteiger charge is 2.42. The number of ether oxygens (including phenoxy) is 2. The van der Waals surface area contributed by atoms with E-state index in [9.17, 15) is 24.6 Å². The molecule has 0 bridgehead atoms. The molecule has 2 aliphatic rings. The minimum Gasteiger partial charge on any atom is -0.493 e. The minimum absolute atomic E-state index is 0.0132. The number of aliphatic hydroxyl groups excluding tert-OH is 2. The third-order valence-corrected chi connectivity index (χ3v) is 8.02. The van der Waals surface area contributed by atoms with Crippen molar-refractivity contribution in [2.45, 2.75) is 83.0 Å². The third-order valence-electron chi connectivity index (χ3n) is 7.22. The van der Waals surface area contributed by atoms with Gasteiger partial charge in [-0.3, -0.25) is 14.4 Å². The largest absolute Gasteiger partial charge is 0.493 e. The molecule has 0 aliphatic heterocycles. The number of benzene rings is 1. The lowest BCUT2D eigenvalue weighted by molar-refractivity contribution is -0.139. The lowest BCUT2D eigenvalue weighted by atomic mass is 9.87. The van der Waals surface area contributed by atoms with Crippen LogP contribution >= 0.6 is 22.6 Å². The van der Waals surface area contributed by atoms with Gasteiger partial charge in [-0.15, -0.1) is 0 Å². The van der Waals surface area contributed by atoms with Gasteiger partial charge in [0.1, 0.15) is 18.5 Å². The molecule has 10 heteroatoms. The number of nitrogens with one attached hydrogen (secondary N) is 1. The van der Waals surface area contributed by atoms with E-state index in [2.05, 4.69) is 12.2 Å². The van der Waals surface area contributed by atoms with Gasteiger partial charge in [-0.2, -0.15) is 0 Å². The van der Waals surface area contributed by atoms with Gasteiger partial charge in [-0.05, 0) is 66.0 Å². The molecule has 0 heterocycles. The first-order chi connectivity index (χ1) is 18.8. The number of amides is 2. The molecule has 0 aromatic heterocycles. The summed E-state index contributed by atoms with van der Waals surface area (Å²) in [5.74, 6) is 0.688. The van der Waals surface area contributed by atoms with Crippen LogP contribution in [0.25, 0.3) is 0 Å². The second-order valence-electron chi connectivity index (χ2n) is 10.3. The first kappa shape index (κ1) is 31.3. The number of nitrogens with zero attached hydrogens (tertiary/aromatic N) is 1. The number of carbonyl (C=O) groups is 3. The number of halogens is 1. The van der Waals surface area contributed by atoms with E-state index in [1.807, 2.05) is 22.6 Å². The fraction of sp³-hybridized carbons (Fsp3) is 0.621. The molecule has 1 saturated carbocycles. The molecular weight excluding hydrogens is 615 g/mol. The molecular formula is C29H41IN2O7. The molecule has 1 aromatic rings. The Balaban J connectivity index is 1.89. The number of unbranched alkanes of at least 4 members (excludes halogenated alkanes) is 4. The minimum atomic E-state index is -1.09. The van der Waals surface area contributed by atoms with Gasteiger partial charge >= 0.3 is 0 Å². The lowest BCUT2D eigenvalue weighted by Crippen LogP contribution is -2.55. The predicted octanol–water partition coefficient (Wildman–Crippen LogP) is 3.63. The molecule has 2 amide bonds. The van der Waals surface area contributed by atoms with Crippen molar-refractivity contribution in [2.75, 3.05) is 26.8 Å². The topological polar surface area (TPSA) is 125 Å². The van der Waals surface area contributed by atoms with Crippen molar-refractivity contribution in [3.05, 3.63) is 32.9 Å². The summed E-state index contributed by atoms with van der Waals surface area (Å²) in [7, 11) is 1.47. The second kappa shape index (κ2) is 15.6. The van der Waals surface area contributed by atoms with E-state index in [0.29, 0.717) is 51.4 Å². The van der Waals surface area contributed by atoms with Gasteiger partial charge in [-0.1, -0.05) is 32.6 Å². The molecule has 1 aromatic carbocycles. The molecule has 3 atom stereocenters. The molecule has 0 saturated heterocycles. The molecule has 3 rings (SSSR count). The number of aliphatic hydroxyl groups is 2. The number of rotatable bonds is 16. The standard InChI is InChI=1S/C29H41IN2O7/c1-3-4-5-6-7-8-26(35)32(17-19-9-10-19)23-15-21(29(37)31-11-12-33)16-24(27(23)36)39-28-22(30)13-20(18-34)14-25(28)38-2/h13-14,16,18-19,23-24,27,33,36H,3-12,15,17H2,1-2H3,(H,31,37)/t23-,24+,27+/m1/s1. The van der Waals surface area contributed by atoms with Crippen LogP contribution in [0.1, 0.15) is 75.1 Å². The van der Waals surface area contributed by atoms with Crippen molar-refractivity contribution in [1.29, 1.82) is 0 Å². The van der Waals surface area contributed by atoms with Crippen LogP contribution < -0.4 is 14.8 Å². The zero-order valence-corrected chi connectivity index (χ0v) is 25.0. The summed E-state index contributed by atoms with van der Waals surface area (Å²) < 4.78 is 12.3. The summed E-state index contributed by atoms with van der Waals surface area (Å²) in [6.07, 6.45) is 8.09. The van der Waals surface area contributed by atoms with Crippen LogP contribution in [-0.4, -0.2) is 78.3 Å². The smallest absolute Gasteiger partial charge is 0.247 e. The van der Waals surface area contributed by atoms with Crippen molar-refractivity contribution in [3.8, 4) is 11.5 Å². The van der Waals surface area contributed by atoms with Gasteiger partial charge in [0.05, 0.1) is 23.3 Å². The second-order valence-corrected chi connectivity index (χ2v) is 11.5. The fourth-order valence-corrected chi connectivity index (χ4v) is 5.61. The molecule has 216 valence electrons. The zero-order chi connectivity index (χ0) is 28.4. The van der Waals surface area contributed by atoms with Crippen molar-refractivity contribution < 1.29 is 34.1 Å². The molecule has 0 radical (unpaired) electrons. The van der Waals surface area contributed by atoms with E-state index >= 15 is 0 Å². The van der Waals surface area contributed by atoms with E-state index in [1.54, 1.807) is 23.1 Å². The molecule has 2 aliphatic carbocycles. The Morgan fingerprint density at radius 3 is 2.59 bits per heavy atom. The van der Waals surface area contributed by atoms with Gasteiger partial charge < -0.3 is 29.9 Å². The van der Waals surface area contributed by atoms with Crippen LogP contribution in [0.2, 0.25) is 0 Å². The Labute approximate surface area is 244 Å². The van der Waals surface area contributed by atoms with Crippen LogP contribution in [0, 0.1) is 9.49 Å². The molecule has 39 heavy (non-hydrogen) atoms. The number of carbonyl (C=O) groups excluding carboxylic acids is 3. The summed E-state index contributed by atoms with van der Waals surface area (Å²) in [5, 5.41) is 23.5. The first-order valence-electron chi connectivity index (χ1n) is 13.9. The molecule has 9 nitrogen and oxygen atoms in total. The quantitative estimate of drug-likeness (QED) is 0.141. The van der Waals surface area contributed by atoms with E-state index < -0.39 is 18.2 Å². The van der Waals surface area contributed by atoms with E-state index in [1.165, 1.54) is 7.11 Å². The average Bonchev–Trinajstić information content (AvgIpc) is 3.76. The molecule has 0 spiro atoms. The summed E-state index contributed by atoms with van der Waals surface area (Å²) in [4.78, 5) is 39.6. The highest BCUT2D eigenvalue weighted by atomic mass is 127. The summed E-state index contributed by atoms with van der Waals surface area (Å²) in [6, 6.07) is 2.56. The summed E-state index contributed by atoms with van der Waals surface area (Å²) >= 11 is 2.04. The highest BCUT2D eigenvalue weighted by molar-refractivity contribution is 14.1. The van der Waals surface area contributed by atoms with Gasteiger partial charge in [0.25, 0.3) is 0 Å². The molecule has 3 N–H and O–H groups in total. The number of hydrogen-bond acceptors (Lipinski definition) is 7. The van der Waals surface area contributed by atoms with Crippen LogP contribution in [0.4, 0.5) is 0 Å². The maximum Gasteiger partial charge on any atom is 0.247 e. The van der Waals surface area contributed by atoms with Crippen LogP contribution in [0.15, 0.2) is 23.8 Å². The monoisotopic (exact) mass is 656 g/mol. The van der Waals surface area contributed by atoms with E-state index in [-0.39, 0.29) is 31.4 Å². The normalized spacial score (nSPS) is 20.6. The van der Waals surface area contributed by atoms with Gasteiger partial charge in [0, 0.05) is 37.1 Å². The Bertz CT molecular complexity index is 1030. The lowest BCUT2D eigenvalue weighted by Gasteiger charge is -2.41. The molecule has 1 fully saturated rings. The SMILES string of the molecule is CCCCCCCC(=O)N(CC1CC1)[C@@H]1CC(C(=O)NCCO)=C[C@H](Oc2c(I)cc(C=O)cc2OC)[C@H]1O. The maximum atomic E-state index is 13.5. The average molecular weight is 657 g/mol. The number of hydrogen-bond donors (Lipinski definition) is 3. The Kier molecular flexibility index (Phi) is 12.5. The number of methoxy groups -OCH3 is 1. The van der Waals surface area contributed by atoms with E-state index in [0.717, 1.165) is 44.9 Å². The summed E-state index contributed by atoms with van der Waals surface area (Å²) in [5.41, 5.74) is 0.809. The van der Waals surface area contributed by atoms with Crippen molar-refractivity contribution in [2.24, 2.45) is 5.92 Å². The van der Waals surface area contributed by atoms with Crippen molar-refractivity contribution in [1.82, 2.24) is 10.2 Å². The third kappa shape index (κ3) is 8.91. The fourth-order valence-electron chi connectivity index (χ4n) is 4.86. The number of aldehydes is 1. The van der Waals surface area contributed by atoms with Crippen molar-refractivity contribution >= 4 is 40.7 Å². The van der Waals surface area contributed by atoms with Crippen LogP contribution in [0.3, 0.4) is 0 Å². The molecule has 0 unspecified atom stereocenters.